The summed E-state index contributed by atoms with van der Waals surface area (Å²) in [4.78, 5) is 12.4. The fraction of sp³-hybridized carbons (Fsp3) is 0.182. The molecule has 0 saturated heterocycles. The predicted octanol–water partition coefficient (Wildman–Crippen LogP) is 0.496. The second-order valence-corrected chi connectivity index (χ2v) is 9.70. The first-order chi connectivity index (χ1) is 11.9. The molecule has 0 aliphatic heterocycles. The van der Waals surface area contributed by atoms with Crippen LogP contribution in [0.5, 0.6) is 0 Å². The normalized spacial score (nSPS) is 11.8. The van der Waals surface area contributed by atoms with Gasteiger partial charge in [-0.15, -0.1) is 20.4 Å². The highest BCUT2D eigenvalue weighted by Crippen LogP contribution is 2.22. The molecule has 1 N–H and O–H groups in total. The fourth-order valence-corrected chi connectivity index (χ4v) is 2.83. The molecule has 0 aromatic carbocycles. The Morgan fingerprint density at radius 2 is 1.77 bits per heavy atom. The minimum atomic E-state index is -4.06. The van der Waals surface area contributed by atoms with Crippen LogP contribution >= 0.6 is 22.3 Å². The molecule has 0 saturated carbocycles. The lowest BCUT2D eigenvalue weighted by Crippen LogP contribution is -2.29. The summed E-state index contributed by atoms with van der Waals surface area (Å²) in [5, 5.41) is 15.7. The van der Waals surface area contributed by atoms with E-state index >= 15 is 0 Å². The van der Waals surface area contributed by atoms with Crippen LogP contribution in [-0.4, -0.2) is 56.4 Å². The molecule has 0 fully saturated rings. The second kappa shape index (κ2) is 7.26. The number of anilines is 2. The largest absolute Gasteiger partial charge is 0.305 e. The van der Waals surface area contributed by atoms with Crippen molar-refractivity contribution in [3.05, 3.63) is 28.9 Å². The van der Waals surface area contributed by atoms with Crippen molar-refractivity contribution in [2.45, 2.75) is 5.03 Å². The Morgan fingerprint density at radius 1 is 1.12 bits per heavy atom. The zero-order valence-electron chi connectivity index (χ0n) is 13.1. The molecule has 2 heterocycles. The standard InChI is InChI=1S/C11H10Cl2N6O5S2/c1-19(25(2,21)22)10-6(5-7(12)15-18-10)11(20)14-8-3-4-9(17-16-8)26(13,23)24/h3-5H,1-2H3,(H,14,16,20). The summed E-state index contributed by atoms with van der Waals surface area (Å²) in [5.74, 6) is -1.19. The molecular weight excluding hydrogens is 431 g/mol. The maximum Gasteiger partial charge on any atom is 0.280 e. The van der Waals surface area contributed by atoms with Crippen LogP contribution in [0.15, 0.2) is 23.2 Å². The van der Waals surface area contributed by atoms with Crippen LogP contribution in [0.3, 0.4) is 0 Å². The summed E-state index contributed by atoms with van der Waals surface area (Å²) >= 11 is 5.72. The third-order valence-electron chi connectivity index (χ3n) is 2.92. The number of hydrogen-bond acceptors (Lipinski definition) is 9. The molecule has 1 amide bonds. The van der Waals surface area contributed by atoms with Gasteiger partial charge >= 0.3 is 0 Å². The monoisotopic (exact) mass is 440 g/mol. The first-order valence-electron chi connectivity index (χ1n) is 6.46. The number of carbonyl (C=O) groups is 1. The van der Waals surface area contributed by atoms with Gasteiger partial charge in [-0.2, -0.15) is 0 Å². The van der Waals surface area contributed by atoms with Gasteiger partial charge < -0.3 is 5.32 Å². The first kappa shape index (κ1) is 20.2. The van der Waals surface area contributed by atoms with E-state index in [9.17, 15) is 21.6 Å². The van der Waals surface area contributed by atoms with E-state index in [1.165, 1.54) is 7.05 Å². The summed E-state index contributed by atoms with van der Waals surface area (Å²) in [7, 11) is -1.48. The minimum absolute atomic E-state index is 0.111. The molecule has 0 unspecified atom stereocenters. The van der Waals surface area contributed by atoms with Gasteiger partial charge in [-0.1, -0.05) is 11.6 Å². The number of amides is 1. The molecule has 15 heteroatoms. The highest BCUT2D eigenvalue weighted by Gasteiger charge is 2.23. The van der Waals surface area contributed by atoms with Crippen LogP contribution in [0, 0.1) is 0 Å². The minimum Gasteiger partial charge on any atom is -0.305 e. The third-order valence-corrected chi connectivity index (χ3v) is 5.46. The van der Waals surface area contributed by atoms with Crippen molar-refractivity contribution >= 4 is 58.9 Å². The van der Waals surface area contributed by atoms with E-state index in [2.05, 4.69) is 25.7 Å². The Kier molecular flexibility index (Phi) is 5.65. The molecule has 140 valence electrons. The zero-order valence-corrected chi connectivity index (χ0v) is 16.2. The molecule has 26 heavy (non-hydrogen) atoms. The van der Waals surface area contributed by atoms with Crippen molar-refractivity contribution in [3.8, 4) is 0 Å². The average Bonchev–Trinajstić information content (AvgIpc) is 2.53. The van der Waals surface area contributed by atoms with E-state index in [1.54, 1.807) is 0 Å². The number of hydrogen-bond donors (Lipinski definition) is 1. The number of nitrogens with zero attached hydrogens (tertiary/aromatic N) is 5. The van der Waals surface area contributed by atoms with Gasteiger partial charge in [0.05, 0.1) is 11.8 Å². The van der Waals surface area contributed by atoms with Crippen LogP contribution in [0.25, 0.3) is 0 Å². The van der Waals surface area contributed by atoms with E-state index < -0.39 is 30.0 Å². The molecule has 0 spiro atoms. The Hall–Kier alpha value is -2.09. The molecule has 0 atom stereocenters. The quantitative estimate of drug-likeness (QED) is 0.654. The van der Waals surface area contributed by atoms with Crippen molar-refractivity contribution in [1.82, 2.24) is 20.4 Å². The number of sulfonamides is 1. The number of rotatable bonds is 5. The van der Waals surface area contributed by atoms with Gasteiger partial charge in [0, 0.05) is 17.7 Å². The summed E-state index contributed by atoms with van der Waals surface area (Å²) in [6, 6.07) is 3.30. The van der Waals surface area contributed by atoms with Gasteiger partial charge in [-0.25, -0.2) is 16.8 Å². The van der Waals surface area contributed by atoms with Gasteiger partial charge in [-0.05, 0) is 18.2 Å². The number of nitrogens with one attached hydrogen (secondary N) is 1. The number of halogens is 2. The highest BCUT2D eigenvalue weighted by molar-refractivity contribution is 8.13. The third kappa shape index (κ3) is 4.75. The van der Waals surface area contributed by atoms with E-state index in [4.69, 9.17) is 22.3 Å². The molecule has 0 radical (unpaired) electrons. The molecule has 11 nitrogen and oxygen atoms in total. The highest BCUT2D eigenvalue weighted by atomic mass is 35.7. The van der Waals surface area contributed by atoms with E-state index in [-0.39, 0.29) is 22.4 Å². The Morgan fingerprint density at radius 3 is 2.27 bits per heavy atom. The molecule has 0 bridgehead atoms. The van der Waals surface area contributed by atoms with Crippen LogP contribution < -0.4 is 9.62 Å². The predicted molar refractivity (Wildman–Crippen MR) is 93.3 cm³/mol. The Balaban J connectivity index is 2.37. The smallest absolute Gasteiger partial charge is 0.280 e. The van der Waals surface area contributed by atoms with E-state index in [0.29, 0.717) is 0 Å². The van der Waals surface area contributed by atoms with E-state index in [0.717, 1.165) is 28.8 Å². The summed E-state index contributed by atoms with van der Waals surface area (Å²) in [6.45, 7) is 0. The number of carbonyl (C=O) groups excluding carboxylic acids is 1. The zero-order chi connectivity index (χ0) is 19.7. The fourth-order valence-electron chi connectivity index (χ4n) is 1.62. The molecule has 2 aromatic rings. The Bertz CT molecular complexity index is 1060. The van der Waals surface area contributed by atoms with Crippen LogP contribution in [0.4, 0.5) is 11.6 Å². The van der Waals surface area contributed by atoms with Crippen molar-refractivity contribution in [1.29, 1.82) is 0 Å². The van der Waals surface area contributed by atoms with Crippen molar-refractivity contribution < 1.29 is 21.6 Å². The summed E-state index contributed by atoms with van der Waals surface area (Å²) in [6.07, 6.45) is 0.918. The Labute approximate surface area is 157 Å². The molecule has 0 aliphatic carbocycles. The number of aromatic nitrogens is 4. The van der Waals surface area contributed by atoms with Gasteiger partial charge in [0.1, 0.15) is 0 Å². The van der Waals surface area contributed by atoms with Gasteiger partial charge in [0.2, 0.25) is 10.0 Å². The van der Waals surface area contributed by atoms with E-state index in [1.807, 2.05) is 0 Å². The van der Waals surface area contributed by atoms with Gasteiger partial charge in [-0.3, -0.25) is 9.10 Å². The molecular formula is C11H10Cl2N6O5S2. The molecule has 2 rings (SSSR count). The van der Waals surface area contributed by atoms with Gasteiger partial charge in [0.15, 0.2) is 21.8 Å². The topological polar surface area (TPSA) is 152 Å². The maximum absolute atomic E-state index is 12.4. The second-order valence-electron chi connectivity index (χ2n) is 4.78. The first-order valence-corrected chi connectivity index (χ1v) is 11.0. The molecule has 2 aromatic heterocycles. The van der Waals surface area contributed by atoms with Crippen molar-refractivity contribution in [2.24, 2.45) is 0 Å². The van der Waals surface area contributed by atoms with Crippen LogP contribution in [0.2, 0.25) is 5.15 Å². The SMILES string of the molecule is CN(c1nnc(Cl)cc1C(=O)Nc1ccc(S(=O)(=O)Cl)nn1)S(C)(=O)=O. The summed E-state index contributed by atoms with van der Waals surface area (Å²) in [5.41, 5.74) is -0.200. The van der Waals surface area contributed by atoms with Crippen LogP contribution in [0.1, 0.15) is 10.4 Å². The maximum atomic E-state index is 12.4. The average molecular weight is 441 g/mol. The lowest BCUT2D eigenvalue weighted by atomic mass is 10.2. The molecule has 0 aliphatic rings. The van der Waals surface area contributed by atoms with Crippen LogP contribution in [-0.2, 0) is 19.1 Å². The van der Waals surface area contributed by atoms with Crippen molar-refractivity contribution in [3.63, 3.8) is 0 Å². The lowest BCUT2D eigenvalue weighted by Gasteiger charge is -2.17. The van der Waals surface area contributed by atoms with Crippen molar-refractivity contribution in [2.75, 3.05) is 22.9 Å². The summed E-state index contributed by atoms with van der Waals surface area (Å²) < 4.78 is 46.4. The van der Waals surface area contributed by atoms with Gasteiger partial charge in [0.25, 0.3) is 15.0 Å². The lowest BCUT2D eigenvalue weighted by molar-refractivity contribution is 0.102.